The highest BCUT2D eigenvalue weighted by Gasteiger charge is 2.22. The standard InChI is InChI=1S/C13H18BrNO2/c1-2-10-4-3-8-15(9-7-10)13(16)11-5-6-12(14)17-11/h5-6,10H,2-4,7-9H2,1H3. The van der Waals surface area contributed by atoms with E-state index in [4.69, 9.17) is 4.42 Å². The highest BCUT2D eigenvalue weighted by atomic mass is 79.9. The third-order valence-electron chi connectivity index (χ3n) is 3.50. The van der Waals surface area contributed by atoms with Gasteiger partial charge in [-0.1, -0.05) is 13.3 Å². The van der Waals surface area contributed by atoms with Gasteiger partial charge in [0.05, 0.1) is 0 Å². The van der Waals surface area contributed by atoms with Crippen molar-refractivity contribution in [2.45, 2.75) is 32.6 Å². The number of amides is 1. The summed E-state index contributed by atoms with van der Waals surface area (Å²) in [5.74, 6) is 1.23. The van der Waals surface area contributed by atoms with E-state index < -0.39 is 0 Å². The molecule has 17 heavy (non-hydrogen) atoms. The molecular formula is C13H18BrNO2. The van der Waals surface area contributed by atoms with Gasteiger partial charge in [-0.3, -0.25) is 4.79 Å². The second kappa shape index (κ2) is 5.71. The van der Waals surface area contributed by atoms with Crippen LogP contribution in [-0.4, -0.2) is 23.9 Å². The van der Waals surface area contributed by atoms with Gasteiger partial charge in [-0.15, -0.1) is 0 Å². The largest absolute Gasteiger partial charge is 0.444 e. The zero-order valence-electron chi connectivity index (χ0n) is 10.1. The Morgan fingerprint density at radius 3 is 2.94 bits per heavy atom. The van der Waals surface area contributed by atoms with Gasteiger partial charge in [0.1, 0.15) is 0 Å². The molecule has 1 aromatic rings. The number of nitrogens with zero attached hydrogens (tertiary/aromatic N) is 1. The molecule has 2 heterocycles. The Bertz CT molecular complexity index is 389. The fourth-order valence-electron chi connectivity index (χ4n) is 2.36. The molecule has 3 nitrogen and oxygen atoms in total. The van der Waals surface area contributed by atoms with Crippen molar-refractivity contribution in [1.82, 2.24) is 4.90 Å². The molecule has 0 radical (unpaired) electrons. The minimum Gasteiger partial charge on any atom is -0.444 e. The summed E-state index contributed by atoms with van der Waals surface area (Å²) in [6, 6.07) is 3.49. The van der Waals surface area contributed by atoms with Gasteiger partial charge in [-0.2, -0.15) is 0 Å². The molecule has 1 atom stereocenters. The van der Waals surface area contributed by atoms with E-state index in [0.717, 1.165) is 31.8 Å². The Labute approximate surface area is 110 Å². The molecule has 0 N–H and O–H groups in total. The van der Waals surface area contributed by atoms with Gasteiger partial charge in [0.15, 0.2) is 10.4 Å². The van der Waals surface area contributed by atoms with E-state index in [1.165, 1.54) is 12.8 Å². The summed E-state index contributed by atoms with van der Waals surface area (Å²) in [4.78, 5) is 14.1. The second-order valence-electron chi connectivity index (χ2n) is 4.60. The quantitative estimate of drug-likeness (QED) is 0.834. The average molecular weight is 300 g/mol. The predicted octanol–water partition coefficient (Wildman–Crippen LogP) is 3.69. The molecule has 2 rings (SSSR count). The number of carbonyl (C=O) groups is 1. The monoisotopic (exact) mass is 299 g/mol. The molecule has 1 aliphatic heterocycles. The molecule has 94 valence electrons. The van der Waals surface area contributed by atoms with Crippen LogP contribution in [0.3, 0.4) is 0 Å². The highest BCUT2D eigenvalue weighted by molar-refractivity contribution is 9.10. The Morgan fingerprint density at radius 1 is 1.47 bits per heavy atom. The summed E-state index contributed by atoms with van der Waals surface area (Å²) in [5, 5.41) is 0. The molecule has 0 spiro atoms. The van der Waals surface area contributed by atoms with Gasteiger partial charge in [0.2, 0.25) is 0 Å². The zero-order chi connectivity index (χ0) is 12.3. The van der Waals surface area contributed by atoms with Gasteiger partial charge in [0.25, 0.3) is 5.91 Å². The highest BCUT2D eigenvalue weighted by Crippen LogP contribution is 2.22. The average Bonchev–Trinajstić information content (AvgIpc) is 2.64. The Kier molecular flexibility index (Phi) is 4.26. The normalized spacial score (nSPS) is 21.3. The van der Waals surface area contributed by atoms with Crippen molar-refractivity contribution in [3.63, 3.8) is 0 Å². The first-order valence-electron chi connectivity index (χ1n) is 6.25. The van der Waals surface area contributed by atoms with E-state index in [1.807, 2.05) is 4.90 Å². The molecule has 1 aromatic heterocycles. The molecule has 1 fully saturated rings. The molecular weight excluding hydrogens is 282 g/mol. The van der Waals surface area contributed by atoms with Crippen molar-refractivity contribution in [2.75, 3.05) is 13.1 Å². The Hall–Kier alpha value is -0.770. The van der Waals surface area contributed by atoms with Crippen molar-refractivity contribution >= 4 is 21.8 Å². The van der Waals surface area contributed by atoms with Gasteiger partial charge in [-0.25, -0.2) is 0 Å². The topological polar surface area (TPSA) is 33.5 Å². The molecule has 0 bridgehead atoms. The summed E-state index contributed by atoms with van der Waals surface area (Å²) in [5.41, 5.74) is 0. The lowest BCUT2D eigenvalue weighted by molar-refractivity contribution is 0.0726. The number of halogens is 1. The molecule has 1 unspecified atom stereocenters. The number of likely N-dealkylation sites (tertiary alicyclic amines) is 1. The number of carbonyl (C=O) groups excluding carboxylic acids is 1. The number of furan rings is 1. The smallest absolute Gasteiger partial charge is 0.289 e. The lowest BCUT2D eigenvalue weighted by atomic mass is 9.98. The van der Waals surface area contributed by atoms with Crippen LogP contribution in [0.25, 0.3) is 0 Å². The van der Waals surface area contributed by atoms with Crippen LogP contribution in [0.5, 0.6) is 0 Å². The van der Waals surface area contributed by atoms with Crippen LogP contribution >= 0.6 is 15.9 Å². The predicted molar refractivity (Wildman–Crippen MR) is 69.9 cm³/mol. The van der Waals surface area contributed by atoms with Crippen LogP contribution in [0.2, 0.25) is 0 Å². The first-order chi connectivity index (χ1) is 8.20. The molecule has 0 saturated carbocycles. The summed E-state index contributed by atoms with van der Waals surface area (Å²) in [6.07, 6.45) is 4.67. The number of hydrogen-bond donors (Lipinski definition) is 0. The lowest BCUT2D eigenvalue weighted by Gasteiger charge is -2.19. The molecule has 4 heteroatoms. The van der Waals surface area contributed by atoms with E-state index in [0.29, 0.717) is 10.4 Å². The Morgan fingerprint density at radius 2 is 2.29 bits per heavy atom. The fourth-order valence-corrected chi connectivity index (χ4v) is 2.67. The molecule has 0 aliphatic carbocycles. The molecule has 1 amide bonds. The molecule has 0 aromatic carbocycles. The third-order valence-corrected chi connectivity index (χ3v) is 3.92. The maximum absolute atomic E-state index is 12.2. The van der Waals surface area contributed by atoms with Crippen LogP contribution < -0.4 is 0 Å². The number of rotatable bonds is 2. The maximum atomic E-state index is 12.2. The van der Waals surface area contributed by atoms with Gasteiger partial charge >= 0.3 is 0 Å². The van der Waals surface area contributed by atoms with Crippen LogP contribution in [-0.2, 0) is 0 Å². The number of hydrogen-bond acceptors (Lipinski definition) is 2. The van der Waals surface area contributed by atoms with Crippen molar-refractivity contribution < 1.29 is 9.21 Å². The van der Waals surface area contributed by atoms with Crippen molar-refractivity contribution in [3.05, 3.63) is 22.6 Å². The van der Waals surface area contributed by atoms with E-state index in [1.54, 1.807) is 12.1 Å². The van der Waals surface area contributed by atoms with Crippen LogP contribution in [0, 0.1) is 5.92 Å². The third kappa shape index (κ3) is 3.12. The lowest BCUT2D eigenvalue weighted by Crippen LogP contribution is -2.31. The van der Waals surface area contributed by atoms with Crippen molar-refractivity contribution in [1.29, 1.82) is 0 Å². The van der Waals surface area contributed by atoms with Gasteiger partial charge in [0, 0.05) is 13.1 Å². The summed E-state index contributed by atoms with van der Waals surface area (Å²) >= 11 is 3.22. The second-order valence-corrected chi connectivity index (χ2v) is 5.38. The molecule has 1 aliphatic rings. The van der Waals surface area contributed by atoms with Crippen LogP contribution in [0.4, 0.5) is 0 Å². The minimum atomic E-state index is 0.0208. The van der Waals surface area contributed by atoms with Gasteiger partial charge < -0.3 is 9.32 Å². The van der Waals surface area contributed by atoms with Crippen LogP contribution in [0.15, 0.2) is 21.2 Å². The van der Waals surface area contributed by atoms with Gasteiger partial charge in [-0.05, 0) is 53.2 Å². The van der Waals surface area contributed by atoms with E-state index in [9.17, 15) is 4.79 Å². The van der Waals surface area contributed by atoms with Crippen LogP contribution in [0.1, 0.15) is 43.2 Å². The maximum Gasteiger partial charge on any atom is 0.289 e. The van der Waals surface area contributed by atoms with E-state index >= 15 is 0 Å². The van der Waals surface area contributed by atoms with E-state index in [2.05, 4.69) is 22.9 Å². The SMILES string of the molecule is CCC1CCCN(C(=O)c2ccc(Br)o2)CC1. The summed E-state index contributed by atoms with van der Waals surface area (Å²) < 4.78 is 5.93. The zero-order valence-corrected chi connectivity index (χ0v) is 11.7. The fraction of sp³-hybridized carbons (Fsp3) is 0.615. The summed E-state index contributed by atoms with van der Waals surface area (Å²) in [6.45, 7) is 3.94. The van der Waals surface area contributed by atoms with Crippen molar-refractivity contribution in [3.8, 4) is 0 Å². The first-order valence-corrected chi connectivity index (χ1v) is 7.04. The van der Waals surface area contributed by atoms with Crippen molar-refractivity contribution in [2.24, 2.45) is 5.92 Å². The Balaban J connectivity index is 2.00. The molecule has 1 saturated heterocycles. The first kappa shape index (κ1) is 12.7. The minimum absolute atomic E-state index is 0.0208. The summed E-state index contributed by atoms with van der Waals surface area (Å²) in [7, 11) is 0. The van der Waals surface area contributed by atoms with E-state index in [-0.39, 0.29) is 5.91 Å².